The third kappa shape index (κ3) is 0.717. The van der Waals surface area contributed by atoms with Crippen LogP contribution in [-0.2, 0) is 0 Å². The second-order valence-electron chi connectivity index (χ2n) is 1.26. The van der Waals surface area contributed by atoms with Crippen molar-refractivity contribution >= 4 is 23.5 Å². The lowest BCUT2D eigenvalue weighted by Gasteiger charge is -1.99. The SMILES string of the molecule is O=NN1CC=NC1=S. The molecule has 0 fully saturated rings. The van der Waals surface area contributed by atoms with Gasteiger partial charge in [-0.25, -0.2) is 4.99 Å². The van der Waals surface area contributed by atoms with Gasteiger partial charge < -0.3 is 0 Å². The summed E-state index contributed by atoms with van der Waals surface area (Å²) in [5.74, 6) is 0. The van der Waals surface area contributed by atoms with Crippen molar-refractivity contribution in [2.24, 2.45) is 10.3 Å². The molecule has 4 nitrogen and oxygen atoms in total. The summed E-state index contributed by atoms with van der Waals surface area (Å²) in [6.07, 6.45) is 1.55. The molecule has 5 heteroatoms. The maximum absolute atomic E-state index is 9.73. The third-order valence-electron chi connectivity index (χ3n) is 0.776. The van der Waals surface area contributed by atoms with Gasteiger partial charge in [-0.15, -0.1) is 4.91 Å². The third-order valence-corrected chi connectivity index (χ3v) is 1.09. The molecular weight excluding hydrogens is 126 g/mol. The van der Waals surface area contributed by atoms with Crippen LogP contribution < -0.4 is 0 Å². The Hall–Kier alpha value is -0.840. The lowest BCUT2D eigenvalue weighted by molar-refractivity contribution is 0.523. The van der Waals surface area contributed by atoms with Gasteiger partial charge in [-0.1, -0.05) is 0 Å². The van der Waals surface area contributed by atoms with E-state index in [4.69, 9.17) is 0 Å². The summed E-state index contributed by atoms with van der Waals surface area (Å²) in [4.78, 5) is 13.4. The molecule has 0 unspecified atom stereocenters. The fourth-order valence-corrected chi connectivity index (χ4v) is 0.592. The molecule has 1 aliphatic heterocycles. The Morgan fingerprint density at radius 1 is 2.00 bits per heavy atom. The number of nitroso groups, excluding NO2 is 1. The van der Waals surface area contributed by atoms with E-state index in [0.29, 0.717) is 6.54 Å². The fourth-order valence-electron chi connectivity index (χ4n) is 0.409. The first-order valence-electron chi connectivity index (χ1n) is 2.02. The topological polar surface area (TPSA) is 45.0 Å². The maximum Gasteiger partial charge on any atom is 0.218 e. The van der Waals surface area contributed by atoms with Crippen LogP contribution in [0.2, 0.25) is 0 Å². The van der Waals surface area contributed by atoms with Crippen LogP contribution in [0, 0.1) is 4.91 Å². The van der Waals surface area contributed by atoms with Gasteiger partial charge in [0.05, 0.1) is 11.8 Å². The van der Waals surface area contributed by atoms with Crippen molar-refractivity contribution in [3.8, 4) is 0 Å². The summed E-state index contributed by atoms with van der Waals surface area (Å²) in [6, 6.07) is 0. The van der Waals surface area contributed by atoms with Crippen LogP contribution in [0.5, 0.6) is 0 Å². The van der Waals surface area contributed by atoms with Gasteiger partial charge in [-0.2, -0.15) is 5.01 Å². The first kappa shape index (κ1) is 5.30. The van der Waals surface area contributed by atoms with Crippen LogP contribution in [-0.4, -0.2) is 22.9 Å². The van der Waals surface area contributed by atoms with Crippen LogP contribution in [0.4, 0.5) is 0 Å². The molecule has 42 valence electrons. The van der Waals surface area contributed by atoms with E-state index < -0.39 is 0 Å². The zero-order valence-electron chi connectivity index (χ0n) is 3.94. The van der Waals surface area contributed by atoms with Crippen LogP contribution in [0.15, 0.2) is 10.3 Å². The molecule has 1 heterocycles. The Morgan fingerprint density at radius 2 is 2.75 bits per heavy atom. The van der Waals surface area contributed by atoms with Crippen LogP contribution in [0.25, 0.3) is 0 Å². The maximum atomic E-state index is 9.73. The van der Waals surface area contributed by atoms with E-state index >= 15 is 0 Å². The van der Waals surface area contributed by atoms with E-state index in [-0.39, 0.29) is 5.11 Å². The van der Waals surface area contributed by atoms with Gasteiger partial charge in [0.2, 0.25) is 5.11 Å². The van der Waals surface area contributed by atoms with Crippen molar-refractivity contribution in [3.63, 3.8) is 0 Å². The van der Waals surface area contributed by atoms with Crippen molar-refractivity contribution in [1.82, 2.24) is 5.01 Å². The average molecular weight is 129 g/mol. The quantitative estimate of drug-likeness (QED) is 0.379. The second-order valence-corrected chi connectivity index (χ2v) is 1.62. The molecular formula is C3H3N3OS. The van der Waals surface area contributed by atoms with Gasteiger partial charge in [-0.3, -0.25) is 0 Å². The molecule has 0 amide bonds. The van der Waals surface area contributed by atoms with Crippen LogP contribution in [0.1, 0.15) is 0 Å². The fraction of sp³-hybridized carbons (Fsp3) is 0.333. The van der Waals surface area contributed by atoms with Crippen LogP contribution >= 0.6 is 12.2 Å². The minimum absolute atomic E-state index is 0.250. The molecule has 0 aromatic carbocycles. The lowest BCUT2D eigenvalue weighted by atomic mass is 10.7. The molecule has 0 spiro atoms. The molecule has 0 radical (unpaired) electrons. The van der Waals surface area contributed by atoms with E-state index in [1.165, 1.54) is 0 Å². The summed E-state index contributed by atoms with van der Waals surface area (Å²) in [7, 11) is 0. The molecule has 8 heavy (non-hydrogen) atoms. The summed E-state index contributed by atoms with van der Waals surface area (Å²) in [5, 5.41) is 3.94. The lowest BCUT2D eigenvalue weighted by Crippen LogP contribution is -2.16. The summed E-state index contributed by atoms with van der Waals surface area (Å²) in [6.45, 7) is 0.419. The van der Waals surface area contributed by atoms with E-state index in [1.54, 1.807) is 6.21 Å². The number of rotatable bonds is 1. The van der Waals surface area contributed by atoms with E-state index in [1.807, 2.05) is 0 Å². The minimum atomic E-state index is 0.250. The molecule has 0 aromatic heterocycles. The van der Waals surface area contributed by atoms with Crippen molar-refractivity contribution in [1.29, 1.82) is 0 Å². The Balaban J connectivity index is 2.63. The smallest absolute Gasteiger partial charge is 0.218 e. The predicted octanol–water partition coefficient (Wildman–Crippen LogP) is 0.339. The Bertz CT molecular complexity index is 155. The number of aliphatic imine (C=N–C) groups is 1. The van der Waals surface area contributed by atoms with Crippen molar-refractivity contribution < 1.29 is 0 Å². The molecule has 0 N–H and O–H groups in total. The van der Waals surface area contributed by atoms with Crippen LogP contribution in [0.3, 0.4) is 0 Å². The predicted molar refractivity (Wildman–Crippen MR) is 33.6 cm³/mol. The molecule has 1 aliphatic rings. The normalized spacial score (nSPS) is 17.5. The standard InChI is InChI=1S/C3H3N3OS/c7-5-6-2-1-4-3(6)8/h1H,2H2. The number of hydrogen-bond acceptors (Lipinski definition) is 3. The highest BCUT2D eigenvalue weighted by Gasteiger charge is 2.10. The molecule has 0 saturated carbocycles. The molecule has 1 rings (SSSR count). The van der Waals surface area contributed by atoms with Crippen molar-refractivity contribution in [2.75, 3.05) is 6.54 Å². The minimum Gasteiger partial charge on any atom is -0.230 e. The Labute approximate surface area is 51.1 Å². The van der Waals surface area contributed by atoms with E-state index in [2.05, 4.69) is 22.5 Å². The molecule has 0 aromatic rings. The first-order valence-corrected chi connectivity index (χ1v) is 2.42. The molecule has 0 atom stereocenters. The zero-order chi connectivity index (χ0) is 5.98. The van der Waals surface area contributed by atoms with Gasteiger partial charge in [0.25, 0.3) is 0 Å². The van der Waals surface area contributed by atoms with E-state index in [9.17, 15) is 4.91 Å². The van der Waals surface area contributed by atoms with Crippen molar-refractivity contribution in [3.05, 3.63) is 4.91 Å². The number of hydrogen-bond donors (Lipinski definition) is 0. The number of nitrogens with zero attached hydrogens (tertiary/aromatic N) is 3. The first-order chi connectivity index (χ1) is 3.84. The second kappa shape index (κ2) is 1.95. The van der Waals surface area contributed by atoms with Gasteiger partial charge in [0, 0.05) is 6.21 Å². The van der Waals surface area contributed by atoms with Gasteiger partial charge >= 0.3 is 0 Å². The highest BCUT2D eigenvalue weighted by Crippen LogP contribution is 1.98. The average Bonchev–Trinajstić information content (AvgIpc) is 2.14. The molecule has 0 saturated heterocycles. The summed E-state index contributed by atoms with van der Waals surface area (Å²) in [5.41, 5.74) is 0. The summed E-state index contributed by atoms with van der Waals surface area (Å²) < 4.78 is 0. The van der Waals surface area contributed by atoms with E-state index in [0.717, 1.165) is 5.01 Å². The largest absolute Gasteiger partial charge is 0.230 e. The van der Waals surface area contributed by atoms with Gasteiger partial charge in [-0.05, 0) is 12.2 Å². The van der Waals surface area contributed by atoms with Crippen molar-refractivity contribution in [2.45, 2.75) is 0 Å². The van der Waals surface area contributed by atoms with Gasteiger partial charge in [0.1, 0.15) is 0 Å². The highest BCUT2D eigenvalue weighted by molar-refractivity contribution is 7.80. The molecule has 0 bridgehead atoms. The van der Waals surface area contributed by atoms with Gasteiger partial charge in [0.15, 0.2) is 0 Å². The summed E-state index contributed by atoms with van der Waals surface area (Å²) >= 11 is 4.57. The Kier molecular flexibility index (Phi) is 1.29. The number of thiocarbonyl (C=S) groups is 1. The highest BCUT2D eigenvalue weighted by atomic mass is 32.1. The molecule has 0 aliphatic carbocycles. The Morgan fingerprint density at radius 3 is 3.00 bits per heavy atom. The zero-order valence-corrected chi connectivity index (χ0v) is 4.76. The monoisotopic (exact) mass is 129 g/mol.